The molecule has 4 nitrogen and oxygen atoms in total. The smallest absolute Gasteiger partial charge is 0.354 e. The number of hydrogen-bond donors (Lipinski definition) is 1. The zero-order valence-corrected chi connectivity index (χ0v) is 14.3. The summed E-state index contributed by atoms with van der Waals surface area (Å²) in [5, 5.41) is 3.21. The molecule has 136 valence electrons. The molecule has 0 radical (unpaired) electrons. The normalized spacial score (nSPS) is 11.7. The van der Waals surface area contributed by atoms with Crippen molar-refractivity contribution >= 4 is 28.5 Å². The number of para-hydroxylation sites is 2. The molecule has 1 amide bonds. The van der Waals surface area contributed by atoms with Crippen LogP contribution in [0.3, 0.4) is 0 Å². The Morgan fingerprint density at radius 3 is 2.50 bits per heavy atom. The number of nitrogens with one attached hydrogen (secondary N) is 1. The number of benzene rings is 2. The monoisotopic (exact) mass is 381 g/mol. The first-order valence-electron chi connectivity index (χ1n) is 7.88. The van der Waals surface area contributed by atoms with Crippen LogP contribution in [0.2, 0.25) is 5.02 Å². The van der Waals surface area contributed by atoms with Gasteiger partial charge in [-0.1, -0.05) is 35.9 Å². The van der Waals surface area contributed by atoms with E-state index in [2.05, 4.69) is 10.3 Å². The molecule has 0 aliphatic heterocycles. The molecule has 1 N–H and O–H groups in total. The molecule has 0 fully saturated rings. The fourth-order valence-electron chi connectivity index (χ4n) is 2.68. The molecule has 8 heteroatoms. The van der Waals surface area contributed by atoms with Crippen molar-refractivity contribution in [3.05, 3.63) is 64.9 Å². The number of nitrogens with zero attached hydrogens (tertiary/aromatic N) is 2. The molecule has 3 rings (SSSR count). The quantitative estimate of drug-likeness (QED) is 0.724. The van der Waals surface area contributed by atoms with E-state index in [4.69, 9.17) is 11.6 Å². The third kappa shape index (κ3) is 4.16. The molecule has 0 aliphatic rings. The van der Waals surface area contributed by atoms with E-state index in [1.165, 1.54) is 6.07 Å². The lowest BCUT2D eigenvalue weighted by atomic mass is 10.1. The zero-order chi connectivity index (χ0) is 18.7. The fourth-order valence-corrected chi connectivity index (χ4v) is 2.80. The molecular formula is C18H15ClF3N3O. The minimum atomic E-state index is -4.56. The average molecular weight is 382 g/mol. The van der Waals surface area contributed by atoms with E-state index in [1.54, 1.807) is 42.5 Å². The van der Waals surface area contributed by atoms with Crippen molar-refractivity contribution in [1.29, 1.82) is 0 Å². The minimum Gasteiger partial charge on any atom is -0.354 e. The Bertz CT molecular complexity index is 920. The van der Waals surface area contributed by atoms with Crippen LogP contribution in [0.25, 0.3) is 11.0 Å². The van der Waals surface area contributed by atoms with Crippen LogP contribution in [0.1, 0.15) is 11.4 Å². The van der Waals surface area contributed by atoms with Crippen LogP contribution in [0.5, 0.6) is 0 Å². The third-order valence-corrected chi connectivity index (χ3v) is 4.10. The molecule has 1 aromatic heterocycles. The summed E-state index contributed by atoms with van der Waals surface area (Å²) in [7, 11) is 0. The molecular weight excluding hydrogens is 367 g/mol. The van der Waals surface area contributed by atoms with Crippen molar-refractivity contribution in [2.24, 2.45) is 0 Å². The van der Waals surface area contributed by atoms with E-state index in [-0.39, 0.29) is 30.9 Å². The lowest BCUT2D eigenvalue weighted by Gasteiger charge is -2.12. The molecule has 1 heterocycles. The van der Waals surface area contributed by atoms with E-state index in [0.717, 1.165) is 10.1 Å². The van der Waals surface area contributed by atoms with Gasteiger partial charge in [-0.05, 0) is 29.8 Å². The number of alkyl halides is 3. The lowest BCUT2D eigenvalue weighted by molar-refractivity contribution is -0.146. The molecule has 0 spiro atoms. The van der Waals surface area contributed by atoms with Crippen LogP contribution in [0.15, 0.2) is 48.5 Å². The predicted octanol–water partition coefficient (Wildman–Crippen LogP) is 4.07. The molecule has 3 aromatic rings. The summed E-state index contributed by atoms with van der Waals surface area (Å²) >= 11 is 5.79. The number of halogens is 4. The van der Waals surface area contributed by atoms with Crippen molar-refractivity contribution in [2.75, 3.05) is 6.54 Å². The Morgan fingerprint density at radius 1 is 1.12 bits per heavy atom. The SMILES string of the molecule is O=C(Cc1ccc(Cl)cc1)NCCn1c(C(F)(F)F)nc2ccccc21. The van der Waals surface area contributed by atoms with Gasteiger partial charge in [-0.3, -0.25) is 4.79 Å². The first kappa shape index (κ1) is 18.3. The van der Waals surface area contributed by atoms with Gasteiger partial charge in [0.15, 0.2) is 0 Å². The molecule has 0 unspecified atom stereocenters. The predicted molar refractivity (Wildman–Crippen MR) is 92.9 cm³/mol. The standard InChI is InChI=1S/C18H15ClF3N3O/c19-13-7-5-12(6-8-13)11-16(26)23-9-10-25-15-4-2-1-3-14(15)24-17(25)18(20,21)22/h1-8H,9-11H2,(H,23,26). The van der Waals surface area contributed by atoms with Gasteiger partial charge in [0, 0.05) is 18.1 Å². The Labute approximate surface area is 152 Å². The highest BCUT2D eigenvalue weighted by atomic mass is 35.5. The molecule has 26 heavy (non-hydrogen) atoms. The number of fused-ring (bicyclic) bond motifs is 1. The zero-order valence-electron chi connectivity index (χ0n) is 13.6. The van der Waals surface area contributed by atoms with E-state index < -0.39 is 12.0 Å². The molecule has 0 aliphatic carbocycles. The van der Waals surface area contributed by atoms with Gasteiger partial charge in [0.25, 0.3) is 0 Å². The van der Waals surface area contributed by atoms with Gasteiger partial charge in [0.05, 0.1) is 17.5 Å². The van der Waals surface area contributed by atoms with Gasteiger partial charge < -0.3 is 9.88 Å². The summed E-state index contributed by atoms with van der Waals surface area (Å²) in [6.07, 6.45) is -4.43. The third-order valence-electron chi connectivity index (χ3n) is 3.84. The average Bonchev–Trinajstić information content (AvgIpc) is 2.96. The lowest BCUT2D eigenvalue weighted by Crippen LogP contribution is -2.29. The topological polar surface area (TPSA) is 46.9 Å². The number of carbonyl (C=O) groups is 1. The molecule has 0 saturated heterocycles. The number of rotatable bonds is 5. The van der Waals surface area contributed by atoms with Crippen LogP contribution in [-0.4, -0.2) is 22.0 Å². The largest absolute Gasteiger partial charge is 0.449 e. The van der Waals surface area contributed by atoms with Gasteiger partial charge in [0.2, 0.25) is 11.7 Å². The highest BCUT2D eigenvalue weighted by Gasteiger charge is 2.37. The van der Waals surface area contributed by atoms with E-state index >= 15 is 0 Å². The van der Waals surface area contributed by atoms with Crippen LogP contribution in [0, 0.1) is 0 Å². The van der Waals surface area contributed by atoms with Crippen LogP contribution in [-0.2, 0) is 23.9 Å². The summed E-state index contributed by atoms with van der Waals surface area (Å²) in [6, 6.07) is 13.2. The second-order valence-electron chi connectivity index (χ2n) is 5.73. The summed E-state index contributed by atoms with van der Waals surface area (Å²) in [4.78, 5) is 15.7. The second-order valence-corrected chi connectivity index (χ2v) is 6.16. The maximum Gasteiger partial charge on any atom is 0.449 e. The summed E-state index contributed by atoms with van der Waals surface area (Å²) < 4.78 is 40.7. The highest BCUT2D eigenvalue weighted by Crippen LogP contribution is 2.31. The first-order chi connectivity index (χ1) is 12.3. The molecule has 0 saturated carbocycles. The number of carbonyl (C=O) groups excluding carboxylic acids is 1. The van der Waals surface area contributed by atoms with Crippen molar-refractivity contribution in [3.63, 3.8) is 0 Å². The van der Waals surface area contributed by atoms with Crippen molar-refractivity contribution < 1.29 is 18.0 Å². The summed E-state index contributed by atoms with van der Waals surface area (Å²) in [6.45, 7) is 0.0393. The van der Waals surface area contributed by atoms with E-state index in [9.17, 15) is 18.0 Å². The van der Waals surface area contributed by atoms with Gasteiger partial charge in [-0.2, -0.15) is 13.2 Å². The van der Waals surface area contributed by atoms with Crippen molar-refractivity contribution in [1.82, 2.24) is 14.9 Å². The number of imidazole rings is 1. The Morgan fingerprint density at radius 2 is 1.81 bits per heavy atom. The minimum absolute atomic E-state index is 0.0261. The van der Waals surface area contributed by atoms with E-state index in [1.807, 2.05) is 0 Å². The van der Waals surface area contributed by atoms with Gasteiger partial charge >= 0.3 is 6.18 Å². The Balaban J connectivity index is 1.67. The highest BCUT2D eigenvalue weighted by molar-refractivity contribution is 6.30. The second kappa shape index (κ2) is 7.37. The van der Waals surface area contributed by atoms with Crippen molar-refractivity contribution in [2.45, 2.75) is 19.1 Å². The maximum atomic E-state index is 13.2. The molecule has 0 bridgehead atoms. The number of aromatic nitrogens is 2. The van der Waals surface area contributed by atoms with Crippen molar-refractivity contribution in [3.8, 4) is 0 Å². The molecule has 0 atom stereocenters. The first-order valence-corrected chi connectivity index (χ1v) is 8.26. The summed E-state index contributed by atoms with van der Waals surface area (Å²) in [5.74, 6) is -1.24. The fraction of sp³-hybridized carbons (Fsp3) is 0.222. The maximum absolute atomic E-state index is 13.2. The van der Waals surface area contributed by atoms with Crippen LogP contribution >= 0.6 is 11.6 Å². The van der Waals surface area contributed by atoms with Gasteiger partial charge in [-0.25, -0.2) is 4.98 Å². The summed E-state index contributed by atoms with van der Waals surface area (Å²) in [5.41, 5.74) is 1.43. The number of amides is 1. The van der Waals surface area contributed by atoms with E-state index in [0.29, 0.717) is 10.5 Å². The van der Waals surface area contributed by atoms with Crippen LogP contribution in [0.4, 0.5) is 13.2 Å². The van der Waals surface area contributed by atoms with Crippen LogP contribution < -0.4 is 5.32 Å². The number of hydrogen-bond acceptors (Lipinski definition) is 2. The van der Waals surface area contributed by atoms with Gasteiger partial charge in [-0.15, -0.1) is 0 Å². The molecule has 2 aromatic carbocycles. The van der Waals surface area contributed by atoms with Gasteiger partial charge in [0.1, 0.15) is 0 Å². The Hall–Kier alpha value is -2.54. The Kier molecular flexibility index (Phi) is 5.18.